The summed E-state index contributed by atoms with van der Waals surface area (Å²) in [5.41, 5.74) is 2.50. The Labute approximate surface area is 223 Å². The molecule has 0 unspecified atom stereocenters. The van der Waals surface area contributed by atoms with Gasteiger partial charge in [0.05, 0.1) is 23.3 Å². The lowest BCUT2D eigenvalue weighted by molar-refractivity contribution is -0.0327. The topological polar surface area (TPSA) is 96.7 Å². The Balaban J connectivity index is 1.09. The molecule has 2 aromatic heterocycles. The van der Waals surface area contributed by atoms with E-state index < -0.39 is 0 Å². The summed E-state index contributed by atoms with van der Waals surface area (Å²) < 4.78 is 6.39. The normalized spacial score (nSPS) is 23.0. The van der Waals surface area contributed by atoms with E-state index in [1.165, 1.54) is 0 Å². The monoisotopic (exact) mass is 513 g/mol. The number of nitriles is 1. The molecule has 0 amide bonds. The number of hydrogen-bond acceptors (Lipinski definition) is 10. The highest BCUT2D eigenvalue weighted by Gasteiger charge is 2.30. The first-order chi connectivity index (χ1) is 18.7. The van der Waals surface area contributed by atoms with Gasteiger partial charge in [0.15, 0.2) is 0 Å². The number of morpholine rings is 1. The van der Waals surface area contributed by atoms with E-state index in [0.29, 0.717) is 5.56 Å². The molecule has 1 aromatic carbocycles. The van der Waals surface area contributed by atoms with Gasteiger partial charge in [-0.1, -0.05) is 0 Å². The maximum Gasteiger partial charge on any atom is 0.227 e. The van der Waals surface area contributed by atoms with Gasteiger partial charge in [0, 0.05) is 95.5 Å². The van der Waals surface area contributed by atoms with E-state index in [9.17, 15) is 5.26 Å². The molecule has 3 saturated heterocycles. The fourth-order valence-corrected chi connectivity index (χ4v) is 5.85. The van der Waals surface area contributed by atoms with Crippen LogP contribution < -0.4 is 20.0 Å². The maximum absolute atomic E-state index is 9.52. The molecule has 3 aliphatic rings. The van der Waals surface area contributed by atoms with Crippen molar-refractivity contribution in [2.24, 2.45) is 0 Å². The SMILES string of the molecule is C[C@@H]1CN(c2ccc(C#N)c3ncccc23)C[C@H](CN2CCN(c3nccc(N4CCNCC4)n3)CC2)O1. The number of aromatic nitrogens is 3. The molecule has 38 heavy (non-hydrogen) atoms. The first-order valence-corrected chi connectivity index (χ1v) is 13.6. The smallest absolute Gasteiger partial charge is 0.227 e. The summed E-state index contributed by atoms with van der Waals surface area (Å²) in [6, 6.07) is 12.2. The lowest BCUT2D eigenvalue weighted by atomic mass is 10.1. The maximum atomic E-state index is 9.52. The highest BCUT2D eigenvalue weighted by atomic mass is 16.5. The van der Waals surface area contributed by atoms with Crippen LogP contribution in [0.4, 0.5) is 17.5 Å². The fourth-order valence-electron chi connectivity index (χ4n) is 5.85. The van der Waals surface area contributed by atoms with Crippen LogP contribution in [0.3, 0.4) is 0 Å². The standard InChI is InChI=1S/C28H35N9O/c1-21-18-37(25-5-4-22(17-29)27-24(25)3-2-7-31-27)20-23(38-21)19-34-13-15-36(16-14-34)28-32-8-6-26(33-28)35-11-9-30-10-12-35/h2-8,21,23,30H,9-16,18-20H2,1H3/t21-,23+/m1/s1. The number of benzene rings is 1. The van der Waals surface area contributed by atoms with Crippen molar-refractivity contribution in [2.45, 2.75) is 19.1 Å². The Bertz CT molecular complexity index is 1300. The van der Waals surface area contributed by atoms with Crippen molar-refractivity contribution in [1.82, 2.24) is 25.2 Å². The number of anilines is 3. The van der Waals surface area contributed by atoms with Gasteiger partial charge in [-0.25, -0.2) is 4.98 Å². The van der Waals surface area contributed by atoms with Crippen LogP contribution in [0.15, 0.2) is 42.7 Å². The molecule has 0 aliphatic carbocycles. The molecule has 3 aromatic rings. The summed E-state index contributed by atoms with van der Waals surface area (Å²) in [6.45, 7) is 12.4. The van der Waals surface area contributed by atoms with Gasteiger partial charge in [-0.15, -0.1) is 0 Å². The van der Waals surface area contributed by atoms with Crippen LogP contribution in [-0.2, 0) is 4.74 Å². The summed E-state index contributed by atoms with van der Waals surface area (Å²) >= 11 is 0. The number of hydrogen-bond donors (Lipinski definition) is 1. The minimum absolute atomic E-state index is 0.111. The Hall–Kier alpha value is -3.52. The molecule has 0 radical (unpaired) electrons. The van der Waals surface area contributed by atoms with Crippen molar-refractivity contribution < 1.29 is 4.74 Å². The van der Waals surface area contributed by atoms with Crippen molar-refractivity contribution in [3.05, 3.63) is 48.3 Å². The van der Waals surface area contributed by atoms with Crippen molar-refractivity contribution in [1.29, 1.82) is 5.26 Å². The largest absolute Gasteiger partial charge is 0.370 e. The number of ether oxygens (including phenoxy) is 1. The van der Waals surface area contributed by atoms with Gasteiger partial charge in [-0.2, -0.15) is 10.2 Å². The number of fused-ring (bicyclic) bond motifs is 1. The molecule has 198 valence electrons. The van der Waals surface area contributed by atoms with E-state index in [0.717, 1.165) is 100 Å². The minimum atomic E-state index is 0.111. The van der Waals surface area contributed by atoms with Crippen molar-refractivity contribution in [2.75, 3.05) is 86.7 Å². The van der Waals surface area contributed by atoms with Gasteiger partial charge in [0.25, 0.3) is 0 Å². The molecular formula is C28H35N9O. The van der Waals surface area contributed by atoms with Gasteiger partial charge in [-0.3, -0.25) is 9.88 Å². The molecular weight excluding hydrogens is 478 g/mol. The van der Waals surface area contributed by atoms with E-state index in [1.54, 1.807) is 6.20 Å². The van der Waals surface area contributed by atoms with Crippen molar-refractivity contribution in [3.63, 3.8) is 0 Å². The van der Waals surface area contributed by atoms with E-state index in [-0.39, 0.29) is 12.2 Å². The average Bonchev–Trinajstić information content (AvgIpc) is 2.97. The van der Waals surface area contributed by atoms with E-state index in [1.807, 2.05) is 24.4 Å². The second-order valence-electron chi connectivity index (χ2n) is 10.4. The average molecular weight is 514 g/mol. The molecule has 3 aliphatic heterocycles. The van der Waals surface area contributed by atoms with E-state index in [4.69, 9.17) is 9.72 Å². The van der Waals surface area contributed by atoms with Gasteiger partial charge in [0.2, 0.25) is 5.95 Å². The van der Waals surface area contributed by atoms with Crippen LogP contribution in [0.5, 0.6) is 0 Å². The van der Waals surface area contributed by atoms with Crippen LogP contribution in [-0.4, -0.2) is 104 Å². The molecule has 0 bridgehead atoms. The summed E-state index contributed by atoms with van der Waals surface area (Å²) in [6.07, 6.45) is 3.88. The zero-order valence-electron chi connectivity index (χ0n) is 22.0. The van der Waals surface area contributed by atoms with Crippen LogP contribution in [0.1, 0.15) is 12.5 Å². The number of nitrogens with zero attached hydrogens (tertiary/aromatic N) is 8. The lowest BCUT2D eigenvalue weighted by Crippen LogP contribution is -2.54. The van der Waals surface area contributed by atoms with Crippen LogP contribution >= 0.6 is 0 Å². The van der Waals surface area contributed by atoms with Crippen LogP contribution in [0.2, 0.25) is 0 Å². The molecule has 3 fully saturated rings. The minimum Gasteiger partial charge on any atom is -0.370 e. The molecule has 10 nitrogen and oxygen atoms in total. The van der Waals surface area contributed by atoms with Gasteiger partial charge in [-0.05, 0) is 37.3 Å². The fraction of sp³-hybridized carbons (Fsp3) is 0.500. The second-order valence-corrected chi connectivity index (χ2v) is 10.4. The first kappa shape index (κ1) is 24.8. The first-order valence-electron chi connectivity index (χ1n) is 13.6. The quantitative estimate of drug-likeness (QED) is 0.543. The molecule has 1 N–H and O–H groups in total. The summed E-state index contributed by atoms with van der Waals surface area (Å²) in [7, 11) is 0. The third-order valence-electron chi connectivity index (χ3n) is 7.72. The Morgan fingerprint density at radius 1 is 0.947 bits per heavy atom. The highest BCUT2D eigenvalue weighted by molar-refractivity contribution is 5.95. The molecule has 0 spiro atoms. The van der Waals surface area contributed by atoms with Gasteiger partial charge < -0.3 is 24.8 Å². The Morgan fingerprint density at radius 3 is 2.61 bits per heavy atom. The number of nitrogens with one attached hydrogen (secondary N) is 1. The predicted octanol–water partition coefficient (Wildman–Crippen LogP) is 1.72. The van der Waals surface area contributed by atoms with Gasteiger partial charge >= 0.3 is 0 Å². The van der Waals surface area contributed by atoms with E-state index in [2.05, 4.69) is 60.0 Å². The van der Waals surface area contributed by atoms with E-state index >= 15 is 0 Å². The van der Waals surface area contributed by atoms with Crippen LogP contribution in [0, 0.1) is 11.3 Å². The molecule has 10 heteroatoms. The second kappa shape index (κ2) is 11.1. The van der Waals surface area contributed by atoms with Gasteiger partial charge in [0.1, 0.15) is 11.9 Å². The molecule has 2 atom stereocenters. The van der Waals surface area contributed by atoms with Crippen LogP contribution in [0.25, 0.3) is 10.9 Å². The number of piperazine rings is 2. The molecule has 0 saturated carbocycles. The van der Waals surface area contributed by atoms with Crippen molar-refractivity contribution >= 4 is 28.4 Å². The molecule has 5 heterocycles. The van der Waals surface area contributed by atoms with Crippen molar-refractivity contribution in [3.8, 4) is 6.07 Å². The Morgan fingerprint density at radius 2 is 1.79 bits per heavy atom. The third-order valence-corrected chi connectivity index (χ3v) is 7.72. The number of pyridine rings is 1. The number of rotatable bonds is 5. The molecule has 6 rings (SSSR count). The summed E-state index contributed by atoms with van der Waals surface area (Å²) in [5.74, 6) is 1.85. The zero-order valence-corrected chi connectivity index (χ0v) is 22.0. The third kappa shape index (κ3) is 5.23. The summed E-state index contributed by atoms with van der Waals surface area (Å²) in [4.78, 5) is 23.5. The lowest BCUT2D eigenvalue weighted by Gasteiger charge is -2.42. The summed E-state index contributed by atoms with van der Waals surface area (Å²) in [5, 5.41) is 13.9. The zero-order chi connectivity index (χ0) is 25.9. The highest BCUT2D eigenvalue weighted by Crippen LogP contribution is 2.30. The predicted molar refractivity (Wildman–Crippen MR) is 149 cm³/mol. The Kier molecular flexibility index (Phi) is 7.22.